The summed E-state index contributed by atoms with van der Waals surface area (Å²) in [5.41, 5.74) is 4.23. The number of hydrogen-bond donors (Lipinski definition) is 0. The van der Waals surface area contributed by atoms with Crippen LogP contribution in [0.3, 0.4) is 0 Å². The van der Waals surface area contributed by atoms with Crippen LogP contribution in [0.2, 0.25) is 0 Å². The Hall–Kier alpha value is -1.80. The molecule has 0 aliphatic carbocycles. The standard InChI is InChI=1S/C18H21NO/c1-20-18-9-5-8-16-14-19(13-11-17(16)18)12-10-15-6-3-2-4-7-15/h2-9H,10-14H2,1H3. The third-order valence-corrected chi connectivity index (χ3v) is 4.08. The number of benzene rings is 2. The van der Waals surface area contributed by atoms with Gasteiger partial charge in [0.1, 0.15) is 5.75 Å². The zero-order valence-corrected chi connectivity index (χ0v) is 12.0. The Labute approximate surface area is 121 Å². The van der Waals surface area contributed by atoms with E-state index in [9.17, 15) is 0 Å². The number of rotatable bonds is 4. The van der Waals surface area contributed by atoms with Gasteiger partial charge in [0.2, 0.25) is 0 Å². The number of nitrogens with zero attached hydrogens (tertiary/aromatic N) is 1. The van der Waals surface area contributed by atoms with Crippen molar-refractivity contribution in [2.24, 2.45) is 0 Å². The highest BCUT2D eigenvalue weighted by atomic mass is 16.5. The molecule has 0 bridgehead atoms. The predicted molar refractivity (Wildman–Crippen MR) is 82.1 cm³/mol. The molecule has 1 aliphatic rings. The lowest BCUT2D eigenvalue weighted by molar-refractivity contribution is 0.254. The summed E-state index contributed by atoms with van der Waals surface area (Å²) in [4.78, 5) is 2.54. The van der Waals surface area contributed by atoms with Crippen LogP contribution in [0.1, 0.15) is 16.7 Å². The van der Waals surface area contributed by atoms with E-state index in [-0.39, 0.29) is 0 Å². The third kappa shape index (κ3) is 2.86. The average molecular weight is 267 g/mol. The van der Waals surface area contributed by atoms with E-state index in [0.29, 0.717) is 0 Å². The second-order valence-corrected chi connectivity index (χ2v) is 5.36. The minimum Gasteiger partial charge on any atom is -0.496 e. The van der Waals surface area contributed by atoms with Crippen molar-refractivity contribution in [3.05, 3.63) is 65.2 Å². The lowest BCUT2D eigenvalue weighted by atomic mass is 9.98. The number of hydrogen-bond acceptors (Lipinski definition) is 2. The van der Waals surface area contributed by atoms with Gasteiger partial charge in [0.15, 0.2) is 0 Å². The van der Waals surface area contributed by atoms with E-state index in [2.05, 4.69) is 53.4 Å². The molecule has 0 unspecified atom stereocenters. The average Bonchev–Trinajstić information content (AvgIpc) is 2.53. The van der Waals surface area contributed by atoms with E-state index in [1.807, 2.05) is 0 Å². The number of ether oxygens (including phenoxy) is 1. The van der Waals surface area contributed by atoms with E-state index in [1.54, 1.807) is 7.11 Å². The van der Waals surface area contributed by atoms with Crippen LogP contribution in [0.15, 0.2) is 48.5 Å². The Morgan fingerprint density at radius 1 is 1.05 bits per heavy atom. The molecule has 2 aromatic carbocycles. The fraction of sp³-hybridized carbons (Fsp3) is 0.333. The molecule has 2 heteroatoms. The lowest BCUT2D eigenvalue weighted by Crippen LogP contribution is -2.32. The molecule has 0 aromatic heterocycles. The molecule has 0 saturated heterocycles. The molecule has 20 heavy (non-hydrogen) atoms. The molecular weight excluding hydrogens is 246 g/mol. The monoisotopic (exact) mass is 267 g/mol. The van der Waals surface area contributed by atoms with Crippen molar-refractivity contribution < 1.29 is 4.74 Å². The van der Waals surface area contributed by atoms with Crippen molar-refractivity contribution in [1.82, 2.24) is 4.90 Å². The number of methoxy groups -OCH3 is 1. The molecule has 1 aliphatic heterocycles. The molecule has 0 radical (unpaired) electrons. The summed E-state index contributed by atoms with van der Waals surface area (Å²) >= 11 is 0. The van der Waals surface area contributed by atoms with Gasteiger partial charge in [-0.05, 0) is 35.6 Å². The number of fused-ring (bicyclic) bond motifs is 1. The van der Waals surface area contributed by atoms with Crippen molar-refractivity contribution >= 4 is 0 Å². The van der Waals surface area contributed by atoms with E-state index in [0.717, 1.165) is 38.2 Å². The molecule has 1 heterocycles. The van der Waals surface area contributed by atoms with E-state index < -0.39 is 0 Å². The van der Waals surface area contributed by atoms with Gasteiger partial charge in [-0.1, -0.05) is 42.5 Å². The van der Waals surface area contributed by atoms with Crippen LogP contribution >= 0.6 is 0 Å². The second-order valence-electron chi connectivity index (χ2n) is 5.36. The van der Waals surface area contributed by atoms with Gasteiger partial charge in [0.05, 0.1) is 7.11 Å². The van der Waals surface area contributed by atoms with Crippen LogP contribution in [-0.4, -0.2) is 25.1 Å². The van der Waals surface area contributed by atoms with Gasteiger partial charge in [0, 0.05) is 19.6 Å². The first-order valence-electron chi connectivity index (χ1n) is 7.28. The molecular formula is C18H21NO. The van der Waals surface area contributed by atoms with Gasteiger partial charge in [-0.3, -0.25) is 4.90 Å². The van der Waals surface area contributed by atoms with Gasteiger partial charge in [0.25, 0.3) is 0 Å². The summed E-state index contributed by atoms with van der Waals surface area (Å²) in [6.07, 6.45) is 2.22. The lowest BCUT2D eigenvalue weighted by Gasteiger charge is -2.29. The third-order valence-electron chi connectivity index (χ3n) is 4.08. The smallest absolute Gasteiger partial charge is 0.122 e. The van der Waals surface area contributed by atoms with Gasteiger partial charge >= 0.3 is 0 Å². The summed E-state index contributed by atoms with van der Waals surface area (Å²) in [6, 6.07) is 17.1. The fourth-order valence-corrected chi connectivity index (χ4v) is 2.95. The van der Waals surface area contributed by atoms with Crippen molar-refractivity contribution in [2.75, 3.05) is 20.2 Å². The van der Waals surface area contributed by atoms with Gasteiger partial charge in [-0.2, -0.15) is 0 Å². The first kappa shape index (κ1) is 13.2. The van der Waals surface area contributed by atoms with Crippen molar-refractivity contribution in [3.63, 3.8) is 0 Å². The molecule has 0 amide bonds. The zero-order chi connectivity index (χ0) is 13.8. The Balaban J connectivity index is 1.64. The maximum absolute atomic E-state index is 5.46. The largest absolute Gasteiger partial charge is 0.496 e. The summed E-state index contributed by atoms with van der Waals surface area (Å²) in [5.74, 6) is 1.05. The van der Waals surface area contributed by atoms with Gasteiger partial charge in [-0.25, -0.2) is 0 Å². The highest BCUT2D eigenvalue weighted by Gasteiger charge is 2.18. The maximum Gasteiger partial charge on any atom is 0.122 e. The normalized spacial score (nSPS) is 14.8. The minimum atomic E-state index is 1.04. The summed E-state index contributed by atoms with van der Waals surface area (Å²) < 4.78 is 5.46. The van der Waals surface area contributed by atoms with Crippen molar-refractivity contribution in [1.29, 1.82) is 0 Å². The van der Waals surface area contributed by atoms with Crippen LogP contribution in [-0.2, 0) is 19.4 Å². The van der Waals surface area contributed by atoms with E-state index in [4.69, 9.17) is 4.74 Å². The Bertz CT molecular complexity index is 565. The molecule has 0 saturated carbocycles. The summed E-state index contributed by atoms with van der Waals surface area (Å²) in [5, 5.41) is 0. The summed E-state index contributed by atoms with van der Waals surface area (Å²) in [7, 11) is 1.76. The van der Waals surface area contributed by atoms with Crippen LogP contribution in [0.4, 0.5) is 0 Å². The molecule has 104 valence electrons. The van der Waals surface area contributed by atoms with Gasteiger partial charge < -0.3 is 4.74 Å². The molecule has 2 nitrogen and oxygen atoms in total. The Morgan fingerprint density at radius 2 is 1.90 bits per heavy atom. The predicted octanol–water partition coefficient (Wildman–Crippen LogP) is 3.30. The van der Waals surface area contributed by atoms with Crippen LogP contribution in [0.5, 0.6) is 5.75 Å². The molecule has 0 N–H and O–H groups in total. The van der Waals surface area contributed by atoms with Crippen molar-refractivity contribution in [3.8, 4) is 5.75 Å². The molecule has 0 spiro atoms. The van der Waals surface area contributed by atoms with Crippen LogP contribution in [0, 0.1) is 0 Å². The first-order chi connectivity index (χ1) is 9.86. The second kappa shape index (κ2) is 6.10. The minimum absolute atomic E-state index is 1.04. The van der Waals surface area contributed by atoms with Crippen molar-refractivity contribution in [2.45, 2.75) is 19.4 Å². The summed E-state index contributed by atoms with van der Waals surface area (Å²) in [6.45, 7) is 3.29. The van der Waals surface area contributed by atoms with E-state index in [1.165, 1.54) is 16.7 Å². The van der Waals surface area contributed by atoms with Crippen LogP contribution < -0.4 is 4.74 Å². The zero-order valence-electron chi connectivity index (χ0n) is 12.0. The fourth-order valence-electron chi connectivity index (χ4n) is 2.95. The quantitative estimate of drug-likeness (QED) is 0.843. The highest BCUT2D eigenvalue weighted by Crippen LogP contribution is 2.27. The first-order valence-corrected chi connectivity index (χ1v) is 7.28. The Morgan fingerprint density at radius 3 is 2.70 bits per heavy atom. The maximum atomic E-state index is 5.46. The highest BCUT2D eigenvalue weighted by molar-refractivity contribution is 5.41. The molecule has 3 rings (SSSR count). The van der Waals surface area contributed by atoms with Gasteiger partial charge in [-0.15, -0.1) is 0 Å². The molecule has 2 aromatic rings. The van der Waals surface area contributed by atoms with Crippen LogP contribution in [0.25, 0.3) is 0 Å². The molecule has 0 fully saturated rings. The van der Waals surface area contributed by atoms with E-state index >= 15 is 0 Å². The SMILES string of the molecule is COc1cccc2c1CCN(CCc1ccccc1)C2. The Kier molecular flexibility index (Phi) is 4.03. The molecule has 0 atom stereocenters. The topological polar surface area (TPSA) is 12.5 Å².